The van der Waals surface area contributed by atoms with Crippen molar-refractivity contribution in [1.29, 1.82) is 5.26 Å². The van der Waals surface area contributed by atoms with E-state index in [-0.39, 0.29) is 18.0 Å². The van der Waals surface area contributed by atoms with Crippen molar-refractivity contribution in [3.63, 3.8) is 0 Å². The number of carbonyl (C=O) groups excluding carboxylic acids is 1. The van der Waals surface area contributed by atoms with E-state index in [1.54, 1.807) is 12.1 Å². The molecule has 0 fully saturated rings. The molecule has 0 unspecified atom stereocenters. The predicted molar refractivity (Wildman–Crippen MR) is 78.1 cm³/mol. The zero-order valence-corrected chi connectivity index (χ0v) is 11.4. The van der Waals surface area contributed by atoms with E-state index in [4.69, 9.17) is 11.0 Å². The molecule has 0 radical (unpaired) electrons. The molecule has 1 heterocycles. The van der Waals surface area contributed by atoms with E-state index in [0.29, 0.717) is 18.9 Å². The average molecular weight is 281 g/mol. The topological polar surface area (TPSA) is 95.9 Å². The smallest absolute Gasteiger partial charge is 0.219 e. The van der Waals surface area contributed by atoms with Gasteiger partial charge in [0, 0.05) is 19.5 Å². The second-order valence-electron chi connectivity index (χ2n) is 4.51. The molecule has 0 aliphatic rings. The van der Waals surface area contributed by atoms with Gasteiger partial charge in [-0.2, -0.15) is 5.26 Å². The number of anilines is 1. The van der Waals surface area contributed by atoms with Gasteiger partial charge in [0.25, 0.3) is 0 Å². The van der Waals surface area contributed by atoms with Gasteiger partial charge in [0.15, 0.2) is 11.5 Å². The largest absolute Gasteiger partial charge is 0.370 e. The molecule has 1 aromatic carbocycles. The Hall–Kier alpha value is -2.94. The number of nitriles is 1. The highest BCUT2D eigenvalue weighted by atomic mass is 16.1. The molecule has 6 heteroatoms. The average Bonchev–Trinajstić information content (AvgIpc) is 2.52. The van der Waals surface area contributed by atoms with Crippen LogP contribution < -0.4 is 10.6 Å². The molecule has 0 bridgehead atoms. The molecule has 0 saturated carbocycles. The zero-order chi connectivity index (χ0) is 15.1. The summed E-state index contributed by atoms with van der Waals surface area (Å²) in [7, 11) is 0. The fraction of sp³-hybridized carbons (Fsp3) is 0.200. The molecule has 0 atom stereocenters. The summed E-state index contributed by atoms with van der Waals surface area (Å²) in [5.41, 5.74) is 6.56. The summed E-state index contributed by atoms with van der Waals surface area (Å²) in [6.45, 7) is 1.04. The van der Waals surface area contributed by atoms with Crippen LogP contribution in [0.3, 0.4) is 0 Å². The lowest BCUT2D eigenvalue weighted by atomic mass is 10.2. The Labute approximate surface area is 122 Å². The molecule has 2 aromatic rings. The van der Waals surface area contributed by atoms with Crippen molar-refractivity contribution in [3.8, 4) is 6.07 Å². The Bertz CT molecular complexity index is 633. The van der Waals surface area contributed by atoms with Crippen LogP contribution in [0.25, 0.3) is 0 Å². The van der Waals surface area contributed by atoms with E-state index in [0.717, 1.165) is 5.56 Å². The normalized spacial score (nSPS) is 9.86. The van der Waals surface area contributed by atoms with Crippen LogP contribution in [0.1, 0.15) is 17.7 Å². The van der Waals surface area contributed by atoms with Crippen LogP contribution in [0.2, 0.25) is 0 Å². The lowest BCUT2D eigenvalue weighted by Gasteiger charge is -2.22. The zero-order valence-electron chi connectivity index (χ0n) is 11.4. The van der Waals surface area contributed by atoms with Crippen molar-refractivity contribution in [1.82, 2.24) is 10.2 Å². The Morgan fingerprint density at radius 1 is 1.19 bits per heavy atom. The molecule has 0 aliphatic carbocycles. The third kappa shape index (κ3) is 4.28. The molecule has 0 saturated heterocycles. The van der Waals surface area contributed by atoms with E-state index < -0.39 is 0 Å². The van der Waals surface area contributed by atoms with Crippen molar-refractivity contribution in [2.75, 3.05) is 11.4 Å². The van der Waals surface area contributed by atoms with E-state index in [2.05, 4.69) is 10.2 Å². The van der Waals surface area contributed by atoms with Crippen molar-refractivity contribution < 1.29 is 4.79 Å². The Kier molecular flexibility index (Phi) is 4.83. The Morgan fingerprint density at radius 3 is 2.52 bits per heavy atom. The van der Waals surface area contributed by atoms with Crippen molar-refractivity contribution >= 4 is 11.7 Å². The summed E-state index contributed by atoms with van der Waals surface area (Å²) < 4.78 is 0. The number of primary amides is 1. The number of nitrogens with zero attached hydrogens (tertiary/aromatic N) is 4. The number of hydrogen-bond donors (Lipinski definition) is 1. The molecule has 2 N–H and O–H groups in total. The van der Waals surface area contributed by atoms with E-state index >= 15 is 0 Å². The quantitative estimate of drug-likeness (QED) is 0.859. The highest BCUT2D eigenvalue weighted by molar-refractivity contribution is 5.74. The first kappa shape index (κ1) is 14.5. The van der Waals surface area contributed by atoms with Crippen LogP contribution >= 0.6 is 0 Å². The molecule has 2 rings (SSSR count). The maximum absolute atomic E-state index is 11.0. The minimum absolute atomic E-state index is 0.231. The van der Waals surface area contributed by atoms with Gasteiger partial charge in [0.05, 0.1) is 0 Å². The van der Waals surface area contributed by atoms with Crippen LogP contribution in [0.4, 0.5) is 5.82 Å². The standard InChI is InChI=1S/C15H15N5O/c16-10-13-6-7-15(19-18-13)20(9-8-14(17)21)11-12-4-2-1-3-5-12/h1-7H,8-9,11H2,(H2,17,21). The highest BCUT2D eigenvalue weighted by Gasteiger charge is 2.11. The van der Waals surface area contributed by atoms with Gasteiger partial charge in [-0.05, 0) is 17.7 Å². The highest BCUT2D eigenvalue weighted by Crippen LogP contribution is 2.14. The van der Waals surface area contributed by atoms with E-state index in [1.165, 1.54) is 0 Å². The number of benzene rings is 1. The number of nitrogens with two attached hydrogens (primary N) is 1. The molecule has 0 aliphatic heterocycles. The molecular formula is C15H15N5O. The van der Waals surface area contributed by atoms with Gasteiger partial charge in [-0.15, -0.1) is 10.2 Å². The van der Waals surface area contributed by atoms with Crippen molar-refractivity contribution in [2.24, 2.45) is 5.73 Å². The van der Waals surface area contributed by atoms with Gasteiger partial charge >= 0.3 is 0 Å². The van der Waals surface area contributed by atoms with Gasteiger partial charge in [-0.25, -0.2) is 0 Å². The Morgan fingerprint density at radius 2 is 1.95 bits per heavy atom. The fourth-order valence-electron chi connectivity index (χ4n) is 1.88. The fourth-order valence-corrected chi connectivity index (χ4v) is 1.88. The first-order valence-corrected chi connectivity index (χ1v) is 6.50. The third-order valence-corrected chi connectivity index (χ3v) is 2.93. The molecule has 21 heavy (non-hydrogen) atoms. The van der Waals surface area contributed by atoms with Crippen molar-refractivity contribution in [3.05, 3.63) is 53.7 Å². The van der Waals surface area contributed by atoms with Crippen LogP contribution in [0.15, 0.2) is 42.5 Å². The molecule has 1 amide bonds. The minimum atomic E-state index is -0.366. The van der Waals surface area contributed by atoms with Gasteiger partial charge in [0.2, 0.25) is 5.91 Å². The maximum Gasteiger partial charge on any atom is 0.219 e. The number of carbonyl (C=O) groups is 1. The summed E-state index contributed by atoms with van der Waals surface area (Å²) in [6.07, 6.45) is 0.231. The number of amides is 1. The second kappa shape index (κ2) is 7.01. The Balaban J connectivity index is 2.18. The lowest BCUT2D eigenvalue weighted by molar-refractivity contribution is -0.117. The van der Waals surface area contributed by atoms with Gasteiger partial charge < -0.3 is 10.6 Å². The summed E-state index contributed by atoms with van der Waals surface area (Å²) in [4.78, 5) is 12.9. The summed E-state index contributed by atoms with van der Waals surface area (Å²) in [5.74, 6) is 0.244. The predicted octanol–water partition coefficient (Wildman–Crippen LogP) is 1.23. The minimum Gasteiger partial charge on any atom is -0.370 e. The summed E-state index contributed by atoms with van der Waals surface area (Å²) >= 11 is 0. The van der Waals surface area contributed by atoms with Crippen molar-refractivity contribution in [2.45, 2.75) is 13.0 Å². The second-order valence-corrected chi connectivity index (χ2v) is 4.51. The first-order chi connectivity index (χ1) is 10.2. The van der Waals surface area contributed by atoms with Crippen LogP contribution in [-0.4, -0.2) is 22.6 Å². The monoisotopic (exact) mass is 281 g/mol. The molecule has 106 valence electrons. The SMILES string of the molecule is N#Cc1ccc(N(CCC(N)=O)Cc2ccccc2)nn1. The number of aromatic nitrogens is 2. The van der Waals surface area contributed by atoms with E-state index in [1.807, 2.05) is 41.3 Å². The molecule has 6 nitrogen and oxygen atoms in total. The first-order valence-electron chi connectivity index (χ1n) is 6.50. The number of hydrogen-bond acceptors (Lipinski definition) is 5. The molecule has 0 spiro atoms. The molecular weight excluding hydrogens is 266 g/mol. The summed E-state index contributed by atoms with van der Waals surface area (Å²) in [5, 5.41) is 16.6. The van der Waals surface area contributed by atoms with Gasteiger partial charge in [-0.3, -0.25) is 4.79 Å². The lowest BCUT2D eigenvalue weighted by Crippen LogP contribution is -2.28. The van der Waals surface area contributed by atoms with Gasteiger partial charge in [-0.1, -0.05) is 30.3 Å². The summed E-state index contributed by atoms with van der Waals surface area (Å²) in [6, 6.07) is 15.1. The van der Waals surface area contributed by atoms with Crippen LogP contribution in [-0.2, 0) is 11.3 Å². The molecule has 1 aromatic heterocycles. The van der Waals surface area contributed by atoms with Gasteiger partial charge in [0.1, 0.15) is 6.07 Å². The maximum atomic E-state index is 11.0. The number of rotatable bonds is 6. The third-order valence-electron chi connectivity index (χ3n) is 2.93. The van der Waals surface area contributed by atoms with Crippen LogP contribution in [0.5, 0.6) is 0 Å². The van der Waals surface area contributed by atoms with Crippen LogP contribution in [0, 0.1) is 11.3 Å². The van der Waals surface area contributed by atoms with E-state index in [9.17, 15) is 4.79 Å².